The molecule has 25 heavy (non-hydrogen) atoms. The maximum Gasteiger partial charge on any atom is 0.234 e. The fourth-order valence-electron chi connectivity index (χ4n) is 2.13. The zero-order valence-corrected chi connectivity index (χ0v) is 16.0. The molecule has 0 aliphatic rings. The summed E-state index contributed by atoms with van der Waals surface area (Å²) < 4.78 is 1.72. The Labute approximate surface area is 154 Å². The molecule has 0 aliphatic heterocycles. The van der Waals surface area contributed by atoms with Crippen molar-refractivity contribution in [3.05, 3.63) is 29.6 Å². The Bertz CT molecular complexity index is 959. The summed E-state index contributed by atoms with van der Waals surface area (Å²) >= 11 is 6.70. The summed E-state index contributed by atoms with van der Waals surface area (Å²) in [6, 6.07) is 5.95. The van der Waals surface area contributed by atoms with Gasteiger partial charge in [-0.15, -0.1) is 10.2 Å². The first kappa shape index (κ1) is 17.4. The van der Waals surface area contributed by atoms with Gasteiger partial charge in [0.2, 0.25) is 10.9 Å². The van der Waals surface area contributed by atoms with Crippen molar-refractivity contribution in [1.82, 2.24) is 25.1 Å². The number of nitrogens with zero attached hydrogens (tertiary/aromatic N) is 4. The van der Waals surface area contributed by atoms with Gasteiger partial charge in [0.15, 0.2) is 10.9 Å². The number of hydrogen-bond donors (Lipinski definition) is 2. The van der Waals surface area contributed by atoms with Crippen LogP contribution in [0.2, 0.25) is 0 Å². The highest BCUT2D eigenvalue weighted by molar-refractivity contribution is 7.80. The Morgan fingerprint density at radius 3 is 2.72 bits per heavy atom. The molecular weight excluding hydrogens is 356 g/mol. The van der Waals surface area contributed by atoms with Gasteiger partial charge in [0.25, 0.3) is 0 Å². The van der Waals surface area contributed by atoms with Crippen molar-refractivity contribution in [1.29, 1.82) is 0 Å². The first-order chi connectivity index (χ1) is 11.8. The van der Waals surface area contributed by atoms with Crippen LogP contribution >= 0.6 is 23.6 Å². The van der Waals surface area contributed by atoms with Gasteiger partial charge in [-0.3, -0.25) is 4.79 Å². The van der Waals surface area contributed by atoms with E-state index < -0.39 is 0 Å². The van der Waals surface area contributed by atoms with Crippen LogP contribution in [-0.2, 0) is 4.79 Å². The number of thiocarbonyl (C=S) groups is 1. The summed E-state index contributed by atoms with van der Waals surface area (Å²) in [4.78, 5) is 12.5. The quantitative estimate of drug-likeness (QED) is 0.686. The number of amides is 1. The molecule has 0 radical (unpaired) electrons. The molecule has 0 fully saturated rings. The van der Waals surface area contributed by atoms with Crippen LogP contribution in [0.3, 0.4) is 0 Å². The summed E-state index contributed by atoms with van der Waals surface area (Å²) in [6.07, 6.45) is 0. The highest BCUT2D eigenvalue weighted by Gasteiger charge is 2.13. The number of aryl methyl sites for hydroxylation is 2. The lowest BCUT2D eigenvalue weighted by Crippen LogP contribution is -2.36. The number of aromatic nitrogens is 4. The zero-order valence-electron chi connectivity index (χ0n) is 14.3. The van der Waals surface area contributed by atoms with E-state index in [-0.39, 0.29) is 16.9 Å². The third kappa shape index (κ3) is 3.67. The normalized spacial score (nSPS) is 11.1. The molecule has 1 aromatic carbocycles. The van der Waals surface area contributed by atoms with Gasteiger partial charge in [-0.05, 0) is 37.7 Å². The number of rotatable bonds is 3. The average molecular weight is 374 g/mol. The van der Waals surface area contributed by atoms with Crippen molar-refractivity contribution < 1.29 is 4.79 Å². The predicted molar refractivity (Wildman–Crippen MR) is 103 cm³/mol. The molecule has 3 aromatic rings. The summed E-state index contributed by atoms with van der Waals surface area (Å²) in [6.45, 7) is 7.47. The van der Waals surface area contributed by atoms with Crippen LogP contribution in [0.15, 0.2) is 18.2 Å². The van der Waals surface area contributed by atoms with Crippen LogP contribution in [0.25, 0.3) is 15.5 Å². The van der Waals surface area contributed by atoms with Gasteiger partial charge in [0, 0.05) is 17.2 Å². The summed E-state index contributed by atoms with van der Waals surface area (Å²) in [5.74, 6) is 0.506. The van der Waals surface area contributed by atoms with Crippen LogP contribution in [-0.4, -0.2) is 30.8 Å². The SMILES string of the molecule is Cc1ccc(-c2nn3c(C)nnc3s2)cc1NC(=S)NC(=O)C(C)C. The maximum absolute atomic E-state index is 11.8. The fourth-order valence-corrected chi connectivity index (χ4v) is 3.22. The molecule has 0 unspecified atom stereocenters. The molecule has 3 rings (SSSR count). The average Bonchev–Trinajstić information content (AvgIpc) is 3.12. The molecule has 0 aliphatic carbocycles. The minimum absolute atomic E-state index is 0.115. The number of hydrogen-bond acceptors (Lipinski definition) is 6. The van der Waals surface area contributed by atoms with E-state index in [0.717, 1.165) is 32.6 Å². The molecule has 0 atom stereocenters. The highest BCUT2D eigenvalue weighted by Crippen LogP contribution is 2.29. The molecule has 0 saturated carbocycles. The third-order valence-electron chi connectivity index (χ3n) is 3.64. The zero-order chi connectivity index (χ0) is 18.1. The van der Waals surface area contributed by atoms with Crippen LogP contribution in [0.1, 0.15) is 25.2 Å². The van der Waals surface area contributed by atoms with Crippen molar-refractivity contribution in [2.75, 3.05) is 5.32 Å². The molecule has 0 spiro atoms. The first-order valence-electron chi connectivity index (χ1n) is 7.77. The van der Waals surface area contributed by atoms with Gasteiger partial charge in [-0.1, -0.05) is 37.3 Å². The minimum atomic E-state index is -0.129. The molecule has 0 bridgehead atoms. The van der Waals surface area contributed by atoms with Gasteiger partial charge < -0.3 is 10.6 Å². The van der Waals surface area contributed by atoms with E-state index in [1.54, 1.807) is 4.52 Å². The van der Waals surface area contributed by atoms with Crippen molar-refractivity contribution >= 4 is 45.2 Å². The van der Waals surface area contributed by atoms with Crippen molar-refractivity contribution in [3.63, 3.8) is 0 Å². The molecule has 2 heterocycles. The van der Waals surface area contributed by atoms with Crippen LogP contribution < -0.4 is 10.6 Å². The summed E-state index contributed by atoms with van der Waals surface area (Å²) in [5.41, 5.74) is 2.79. The van der Waals surface area contributed by atoms with Crippen LogP contribution in [0, 0.1) is 19.8 Å². The van der Waals surface area contributed by atoms with Crippen molar-refractivity contribution in [2.24, 2.45) is 5.92 Å². The van der Waals surface area contributed by atoms with E-state index in [4.69, 9.17) is 12.2 Å². The highest BCUT2D eigenvalue weighted by atomic mass is 32.1. The predicted octanol–water partition coefficient (Wildman–Crippen LogP) is 2.94. The number of carbonyl (C=O) groups excluding carboxylic acids is 1. The molecular formula is C16H18N6OS2. The number of carbonyl (C=O) groups is 1. The van der Waals surface area contributed by atoms with Gasteiger partial charge in [-0.25, -0.2) is 0 Å². The molecule has 7 nitrogen and oxygen atoms in total. The number of anilines is 1. The van der Waals surface area contributed by atoms with Crippen LogP contribution in [0.5, 0.6) is 0 Å². The van der Waals surface area contributed by atoms with Crippen molar-refractivity contribution in [3.8, 4) is 10.6 Å². The standard InChI is InChI=1S/C16H18N6OS2/c1-8(2)13(23)18-15(24)17-12-7-11(6-5-9(12)3)14-21-22-10(4)19-20-16(22)25-14/h5-8H,1-4H3,(H2,17,18,23,24). The molecule has 0 saturated heterocycles. The van der Waals surface area contributed by atoms with E-state index in [0.29, 0.717) is 0 Å². The maximum atomic E-state index is 11.8. The lowest BCUT2D eigenvalue weighted by Gasteiger charge is -2.13. The molecule has 9 heteroatoms. The second kappa shape index (κ2) is 6.85. The molecule has 2 aromatic heterocycles. The first-order valence-corrected chi connectivity index (χ1v) is 8.99. The Balaban J connectivity index is 1.85. The van der Waals surface area contributed by atoms with E-state index in [9.17, 15) is 4.79 Å². The number of nitrogens with one attached hydrogen (secondary N) is 2. The summed E-state index contributed by atoms with van der Waals surface area (Å²) in [5, 5.41) is 19.5. The second-order valence-corrected chi connectivity index (χ2v) is 7.34. The second-order valence-electron chi connectivity index (χ2n) is 5.98. The van der Waals surface area contributed by atoms with Gasteiger partial charge in [0.05, 0.1) is 0 Å². The lowest BCUT2D eigenvalue weighted by molar-refractivity contribution is -0.122. The van der Waals surface area contributed by atoms with E-state index in [1.165, 1.54) is 11.3 Å². The molecule has 130 valence electrons. The minimum Gasteiger partial charge on any atom is -0.332 e. The topological polar surface area (TPSA) is 84.2 Å². The number of fused-ring (bicyclic) bond motifs is 1. The summed E-state index contributed by atoms with van der Waals surface area (Å²) in [7, 11) is 0. The smallest absolute Gasteiger partial charge is 0.234 e. The molecule has 2 N–H and O–H groups in total. The van der Waals surface area contributed by atoms with Crippen LogP contribution in [0.4, 0.5) is 5.69 Å². The Hall–Kier alpha value is -2.39. The molecule has 1 amide bonds. The van der Waals surface area contributed by atoms with E-state index in [2.05, 4.69) is 25.9 Å². The Morgan fingerprint density at radius 1 is 1.28 bits per heavy atom. The van der Waals surface area contributed by atoms with Gasteiger partial charge in [-0.2, -0.15) is 9.61 Å². The van der Waals surface area contributed by atoms with Gasteiger partial charge >= 0.3 is 0 Å². The van der Waals surface area contributed by atoms with E-state index in [1.807, 2.05) is 45.9 Å². The number of benzene rings is 1. The fraction of sp³-hybridized carbons (Fsp3) is 0.312. The van der Waals surface area contributed by atoms with Crippen molar-refractivity contribution in [2.45, 2.75) is 27.7 Å². The van der Waals surface area contributed by atoms with E-state index >= 15 is 0 Å². The van der Waals surface area contributed by atoms with Gasteiger partial charge in [0.1, 0.15) is 5.01 Å². The Morgan fingerprint density at radius 2 is 2.04 bits per heavy atom. The monoisotopic (exact) mass is 374 g/mol. The lowest BCUT2D eigenvalue weighted by atomic mass is 10.1. The third-order valence-corrected chi connectivity index (χ3v) is 4.79. The Kier molecular flexibility index (Phi) is 4.78. The largest absolute Gasteiger partial charge is 0.332 e.